The Kier molecular flexibility index (Phi) is 5.37. The van der Waals surface area contributed by atoms with Crippen LogP contribution in [0.3, 0.4) is 0 Å². The molecule has 0 fully saturated rings. The smallest absolute Gasteiger partial charge is 0.242 e. The molecule has 0 spiro atoms. The number of nitrogens with one attached hydrogen (secondary N) is 3. The normalized spacial score (nSPS) is 9.91. The van der Waals surface area contributed by atoms with Gasteiger partial charge in [-0.2, -0.15) is 0 Å². The molecule has 0 aromatic heterocycles. The number of rotatable bonds is 3. The maximum absolute atomic E-state index is 13.4. The Bertz CT molecular complexity index is 694. The molecule has 2 aromatic rings. The van der Waals surface area contributed by atoms with Crippen molar-refractivity contribution in [2.75, 3.05) is 5.32 Å². The quantitative estimate of drug-likeness (QED) is 0.601. The first-order valence-electron chi connectivity index (χ1n) is 6.39. The SMILES string of the molecule is O=C(Cc1cccc(F)c1)NNC(=S)Nc1ccccc1F. The lowest BCUT2D eigenvalue weighted by molar-refractivity contribution is -0.120. The Morgan fingerprint density at radius 2 is 1.82 bits per heavy atom. The molecule has 0 heterocycles. The van der Waals surface area contributed by atoms with Gasteiger partial charge in [0.05, 0.1) is 12.1 Å². The minimum absolute atomic E-state index is 0.00687. The maximum Gasteiger partial charge on any atom is 0.242 e. The zero-order valence-electron chi connectivity index (χ0n) is 11.4. The Morgan fingerprint density at radius 1 is 1.05 bits per heavy atom. The van der Waals surface area contributed by atoms with Crippen molar-refractivity contribution in [3.05, 3.63) is 65.7 Å². The van der Waals surface area contributed by atoms with Crippen LogP contribution in [0.25, 0.3) is 0 Å². The molecule has 0 aliphatic rings. The highest BCUT2D eigenvalue weighted by Crippen LogP contribution is 2.11. The van der Waals surface area contributed by atoms with E-state index in [1.807, 2.05) is 0 Å². The third-order valence-electron chi connectivity index (χ3n) is 2.69. The second-order valence-corrected chi connectivity index (χ2v) is 4.82. The average molecular weight is 321 g/mol. The van der Waals surface area contributed by atoms with E-state index in [4.69, 9.17) is 12.2 Å². The summed E-state index contributed by atoms with van der Waals surface area (Å²) < 4.78 is 26.4. The lowest BCUT2D eigenvalue weighted by atomic mass is 10.1. The standard InChI is InChI=1S/C15H13F2N3OS/c16-11-5-3-4-10(8-11)9-14(21)19-20-15(22)18-13-7-2-1-6-12(13)17/h1-8H,9H2,(H,19,21)(H2,18,20,22). The molecule has 0 unspecified atom stereocenters. The molecular weight excluding hydrogens is 308 g/mol. The molecule has 3 N–H and O–H groups in total. The van der Waals surface area contributed by atoms with Gasteiger partial charge in [-0.3, -0.25) is 15.6 Å². The fourth-order valence-corrected chi connectivity index (χ4v) is 1.88. The Balaban J connectivity index is 1.81. The molecule has 0 aliphatic carbocycles. The van der Waals surface area contributed by atoms with Crippen LogP contribution in [0.15, 0.2) is 48.5 Å². The van der Waals surface area contributed by atoms with Gasteiger partial charge in [-0.05, 0) is 42.0 Å². The zero-order valence-corrected chi connectivity index (χ0v) is 12.2. The van der Waals surface area contributed by atoms with Crippen LogP contribution in [0.1, 0.15) is 5.56 Å². The summed E-state index contributed by atoms with van der Waals surface area (Å²) in [5, 5.41) is 2.65. The van der Waals surface area contributed by atoms with E-state index in [0.717, 1.165) is 0 Å². The third kappa shape index (κ3) is 4.78. The molecule has 1 amide bonds. The number of hydrogen-bond acceptors (Lipinski definition) is 2. The largest absolute Gasteiger partial charge is 0.329 e. The van der Waals surface area contributed by atoms with E-state index in [9.17, 15) is 13.6 Å². The van der Waals surface area contributed by atoms with Crippen molar-refractivity contribution in [3.63, 3.8) is 0 Å². The van der Waals surface area contributed by atoms with E-state index in [1.54, 1.807) is 18.2 Å². The van der Waals surface area contributed by atoms with Crippen LogP contribution in [0.5, 0.6) is 0 Å². The van der Waals surface area contributed by atoms with E-state index in [1.165, 1.54) is 30.3 Å². The van der Waals surface area contributed by atoms with Crippen molar-refractivity contribution < 1.29 is 13.6 Å². The first-order chi connectivity index (χ1) is 10.5. The van der Waals surface area contributed by atoms with E-state index in [2.05, 4.69) is 16.2 Å². The summed E-state index contributed by atoms with van der Waals surface area (Å²) in [4.78, 5) is 11.7. The molecule has 22 heavy (non-hydrogen) atoms. The molecule has 114 valence electrons. The van der Waals surface area contributed by atoms with Gasteiger partial charge < -0.3 is 5.32 Å². The second kappa shape index (κ2) is 7.46. The molecule has 7 heteroatoms. The van der Waals surface area contributed by atoms with E-state index in [-0.39, 0.29) is 17.2 Å². The molecule has 0 radical (unpaired) electrons. The lowest BCUT2D eigenvalue weighted by Crippen LogP contribution is -2.44. The van der Waals surface area contributed by atoms with Crippen LogP contribution in [-0.4, -0.2) is 11.0 Å². The van der Waals surface area contributed by atoms with E-state index in [0.29, 0.717) is 5.56 Å². The molecule has 0 bridgehead atoms. The van der Waals surface area contributed by atoms with Gasteiger partial charge in [-0.15, -0.1) is 0 Å². The Morgan fingerprint density at radius 3 is 2.55 bits per heavy atom. The van der Waals surface area contributed by atoms with Crippen LogP contribution >= 0.6 is 12.2 Å². The van der Waals surface area contributed by atoms with Gasteiger partial charge in [0.15, 0.2) is 5.11 Å². The third-order valence-corrected chi connectivity index (χ3v) is 2.90. The van der Waals surface area contributed by atoms with Crippen LogP contribution in [0.2, 0.25) is 0 Å². The van der Waals surface area contributed by atoms with Crippen LogP contribution in [0, 0.1) is 11.6 Å². The molecular formula is C15H13F2N3OS. The Labute approximate surface area is 131 Å². The molecule has 2 rings (SSSR count). The number of benzene rings is 2. The van der Waals surface area contributed by atoms with Gasteiger partial charge in [0.2, 0.25) is 5.91 Å². The van der Waals surface area contributed by atoms with Crippen LogP contribution in [-0.2, 0) is 11.2 Å². The molecule has 4 nitrogen and oxygen atoms in total. The number of hydrazine groups is 1. The van der Waals surface area contributed by atoms with Gasteiger partial charge in [0.25, 0.3) is 0 Å². The maximum atomic E-state index is 13.4. The summed E-state index contributed by atoms with van der Waals surface area (Å²) in [6.45, 7) is 0. The number of thiocarbonyl (C=S) groups is 1. The number of carbonyl (C=O) groups is 1. The molecule has 0 saturated heterocycles. The summed E-state index contributed by atoms with van der Waals surface area (Å²) in [6.07, 6.45) is -0.00687. The van der Waals surface area contributed by atoms with Gasteiger partial charge in [-0.25, -0.2) is 8.78 Å². The van der Waals surface area contributed by atoms with Gasteiger partial charge >= 0.3 is 0 Å². The summed E-state index contributed by atoms with van der Waals surface area (Å²) in [7, 11) is 0. The fraction of sp³-hybridized carbons (Fsp3) is 0.0667. The molecule has 0 aliphatic heterocycles. The van der Waals surface area contributed by atoms with Crippen molar-refractivity contribution in [1.29, 1.82) is 0 Å². The van der Waals surface area contributed by atoms with Crippen molar-refractivity contribution in [3.8, 4) is 0 Å². The second-order valence-electron chi connectivity index (χ2n) is 4.41. The summed E-state index contributed by atoms with van der Waals surface area (Å²) >= 11 is 4.94. The highest BCUT2D eigenvalue weighted by Gasteiger charge is 2.06. The predicted molar refractivity (Wildman–Crippen MR) is 84.0 cm³/mol. The molecule has 2 aromatic carbocycles. The number of halogens is 2. The topological polar surface area (TPSA) is 53.2 Å². The lowest BCUT2D eigenvalue weighted by Gasteiger charge is -2.12. The van der Waals surface area contributed by atoms with Gasteiger partial charge in [-0.1, -0.05) is 24.3 Å². The first kappa shape index (κ1) is 15.8. The van der Waals surface area contributed by atoms with Crippen molar-refractivity contribution in [2.45, 2.75) is 6.42 Å². The highest BCUT2D eigenvalue weighted by atomic mass is 32.1. The minimum Gasteiger partial charge on any atom is -0.329 e. The number of carbonyl (C=O) groups excluding carboxylic acids is 1. The number of hydrogen-bond donors (Lipinski definition) is 3. The minimum atomic E-state index is -0.460. The van der Waals surface area contributed by atoms with Gasteiger partial charge in [0, 0.05) is 0 Å². The van der Waals surface area contributed by atoms with E-state index >= 15 is 0 Å². The predicted octanol–water partition coefficient (Wildman–Crippen LogP) is 2.53. The monoisotopic (exact) mass is 321 g/mol. The van der Waals surface area contributed by atoms with E-state index < -0.39 is 17.5 Å². The van der Waals surface area contributed by atoms with Crippen molar-refractivity contribution in [2.24, 2.45) is 0 Å². The van der Waals surface area contributed by atoms with Crippen molar-refractivity contribution >= 4 is 28.9 Å². The number of anilines is 1. The Hall–Kier alpha value is -2.54. The first-order valence-corrected chi connectivity index (χ1v) is 6.80. The summed E-state index contributed by atoms with van der Waals surface area (Å²) in [5.41, 5.74) is 5.53. The van der Waals surface area contributed by atoms with Gasteiger partial charge in [0.1, 0.15) is 11.6 Å². The average Bonchev–Trinajstić information content (AvgIpc) is 2.48. The van der Waals surface area contributed by atoms with Crippen LogP contribution < -0.4 is 16.2 Å². The summed E-state index contributed by atoms with van der Waals surface area (Å²) in [5.74, 6) is -1.27. The highest BCUT2D eigenvalue weighted by molar-refractivity contribution is 7.80. The number of para-hydroxylation sites is 1. The number of amides is 1. The zero-order chi connectivity index (χ0) is 15.9. The van der Waals surface area contributed by atoms with Crippen molar-refractivity contribution in [1.82, 2.24) is 10.9 Å². The summed E-state index contributed by atoms with van der Waals surface area (Å²) in [6, 6.07) is 11.7. The van der Waals surface area contributed by atoms with Crippen LogP contribution in [0.4, 0.5) is 14.5 Å². The fourth-order valence-electron chi connectivity index (χ4n) is 1.72. The molecule has 0 atom stereocenters. The molecule has 0 saturated carbocycles.